The third kappa shape index (κ3) is 6.71. The Balaban J connectivity index is 0.00000265. The van der Waals surface area contributed by atoms with Gasteiger partial charge >= 0.3 is 0 Å². The number of anilines is 1. The Morgan fingerprint density at radius 1 is 0.909 bits per heavy atom. The highest BCUT2D eigenvalue weighted by Crippen LogP contribution is 2.35. The fourth-order valence-corrected chi connectivity index (χ4v) is 3.58. The number of aliphatic hydroxyl groups is 4. The van der Waals surface area contributed by atoms with Gasteiger partial charge in [0, 0.05) is 24.2 Å². The molecule has 1 heterocycles. The molecule has 1 aliphatic rings. The molecule has 33 heavy (non-hydrogen) atoms. The van der Waals surface area contributed by atoms with Gasteiger partial charge in [-0.15, -0.1) is 0 Å². The number of carbonyl (C=O) groups is 3. The van der Waals surface area contributed by atoms with Gasteiger partial charge in [0.25, 0.3) is 17.7 Å². The average molecular weight is 470 g/mol. The van der Waals surface area contributed by atoms with Crippen molar-refractivity contribution in [1.29, 1.82) is 0 Å². The molecule has 2 atom stereocenters. The molecule has 1 fully saturated rings. The number of ether oxygens (including phenoxy) is 1. The molecule has 186 valence electrons. The summed E-state index contributed by atoms with van der Waals surface area (Å²) in [7, 11) is 0. The molecule has 1 saturated heterocycles. The van der Waals surface area contributed by atoms with Crippen LogP contribution in [-0.4, -0.2) is 90.0 Å². The summed E-state index contributed by atoms with van der Waals surface area (Å²) in [6.07, 6.45) is -2.29. The van der Waals surface area contributed by atoms with Crippen LogP contribution in [0.1, 0.15) is 51.3 Å². The summed E-state index contributed by atoms with van der Waals surface area (Å²) in [6.45, 7) is 7.27. The first-order valence-corrected chi connectivity index (χ1v) is 10.8. The fraction of sp³-hybridized carbons (Fsp3) is 0.591. The number of nitrogens with one attached hydrogen (secondary N) is 2. The van der Waals surface area contributed by atoms with Crippen LogP contribution in [0.5, 0.6) is 0 Å². The molecule has 0 radical (unpaired) electrons. The first kappa shape index (κ1) is 28.5. The minimum absolute atomic E-state index is 0.0296. The number of nitrogens with zero attached hydrogens (tertiary/aromatic N) is 1. The molecule has 1 aromatic carbocycles. The van der Waals surface area contributed by atoms with Gasteiger partial charge in [0.15, 0.2) is 0 Å². The van der Waals surface area contributed by atoms with Gasteiger partial charge in [0.1, 0.15) is 13.3 Å². The highest BCUT2D eigenvalue weighted by atomic mass is 16.5. The molecule has 1 aliphatic heterocycles. The third-order valence-corrected chi connectivity index (χ3v) is 5.10. The van der Waals surface area contributed by atoms with Gasteiger partial charge in [-0.05, 0) is 37.5 Å². The van der Waals surface area contributed by atoms with E-state index in [4.69, 9.17) is 14.9 Å². The Kier molecular flexibility index (Phi) is 11.4. The van der Waals surface area contributed by atoms with Crippen molar-refractivity contribution < 1.29 is 39.5 Å². The summed E-state index contributed by atoms with van der Waals surface area (Å²) >= 11 is 0. The fourth-order valence-electron chi connectivity index (χ4n) is 3.58. The van der Waals surface area contributed by atoms with Crippen LogP contribution in [0, 0.1) is 20.8 Å². The van der Waals surface area contributed by atoms with E-state index in [9.17, 15) is 24.6 Å². The molecule has 2 unspecified atom stereocenters. The van der Waals surface area contributed by atoms with Gasteiger partial charge < -0.3 is 35.8 Å². The lowest BCUT2D eigenvalue weighted by atomic mass is 9.89. The topological polar surface area (TPSA) is 169 Å². The number of amides is 3. The van der Waals surface area contributed by atoms with Crippen molar-refractivity contribution in [2.75, 3.05) is 44.5 Å². The number of hydrogen-bond donors (Lipinski definition) is 6. The highest BCUT2D eigenvalue weighted by Gasteiger charge is 2.32. The van der Waals surface area contributed by atoms with Crippen molar-refractivity contribution in [2.45, 2.75) is 46.8 Å². The molecular weight excluding hydrogens is 434 g/mol. The van der Waals surface area contributed by atoms with Crippen molar-refractivity contribution in [3.8, 4) is 0 Å². The van der Waals surface area contributed by atoms with E-state index < -0.39 is 37.2 Å². The van der Waals surface area contributed by atoms with E-state index in [2.05, 4.69) is 10.6 Å². The second-order valence-corrected chi connectivity index (χ2v) is 7.37. The number of rotatable bonds is 9. The summed E-state index contributed by atoms with van der Waals surface area (Å²) in [5.41, 5.74) is 1.93. The predicted molar refractivity (Wildman–Crippen MR) is 121 cm³/mol. The van der Waals surface area contributed by atoms with Gasteiger partial charge in [-0.25, -0.2) is 0 Å². The maximum absolute atomic E-state index is 12.9. The van der Waals surface area contributed by atoms with Gasteiger partial charge in [-0.3, -0.25) is 19.3 Å². The van der Waals surface area contributed by atoms with E-state index in [1.807, 2.05) is 13.8 Å². The average Bonchev–Trinajstić information content (AvgIpc) is 3.22. The zero-order valence-electron chi connectivity index (χ0n) is 19.8. The monoisotopic (exact) mass is 469 g/mol. The molecular formula is C22H35N3O8. The van der Waals surface area contributed by atoms with Gasteiger partial charge in [0.05, 0.1) is 31.1 Å². The largest absolute Gasteiger partial charge is 0.394 e. The molecule has 11 heteroatoms. The predicted octanol–water partition coefficient (Wildman–Crippen LogP) is -0.875. The number of aliphatic hydroxyl groups excluding tert-OH is 4. The van der Waals surface area contributed by atoms with E-state index in [-0.39, 0.29) is 43.5 Å². The van der Waals surface area contributed by atoms with Crippen LogP contribution in [-0.2, 0) is 9.53 Å². The Labute approximate surface area is 193 Å². The molecule has 3 amide bonds. The van der Waals surface area contributed by atoms with Crippen LogP contribution >= 0.6 is 0 Å². The molecule has 0 bridgehead atoms. The zero-order chi connectivity index (χ0) is 25.3. The molecule has 1 aromatic rings. The Morgan fingerprint density at radius 2 is 1.33 bits per heavy atom. The van der Waals surface area contributed by atoms with E-state index in [1.54, 1.807) is 20.8 Å². The minimum atomic E-state index is -1.15. The number of benzene rings is 1. The normalized spacial score (nSPS) is 14.9. The first-order valence-electron chi connectivity index (χ1n) is 10.8. The number of carbonyl (C=O) groups excluding carboxylic acids is 3. The van der Waals surface area contributed by atoms with E-state index in [0.717, 1.165) is 0 Å². The van der Waals surface area contributed by atoms with Crippen molar-refractivity contribution in [3.63, 3.8) is 0 Å². The summed E-state index contributed by atoms with van der Waals surface area (Å²) in [4.78, 5) is 39.5. The van der Waals surface area contributed by atoms with E-state index in [1.165, 1.54) is 4.90 Å². The summed E-state index contributed by atoms with van der Waals surface area (Å²) in [5, 5.41) is 42.1. The van der Waals surface area contributed by atoms with Crippen LogP contribution in [0.15, 0.2) is 0 Å². The van der Waals surface area contributed by atoms with Crippen molar-refractivity contribution in [2.24, 2.45) is 0 Å². The molecule has 0 aromatic heterocycles. The van der Waals surface area contributed by atoms with Crippen molar-refractivity contribution >= 4 is 23.4 Å². The van der Waals surface area contributed by atoms with Gasteiger partial charge in [0.2, 0.25) is 0 Å². The lowest BCUT2D eigenvalue weighted by Gasteiger charge is -2.26. The van der Waals surface area contributed by atoms with Gasteiger partial charge in [-0.2, -0.15) is 0 Å². The Morgan fingerprint density at radius 3 is 1.67 bits per heavy atom. The SMILES string of the molecule is CC.Cc1c(C(=O)NCC(O)CO)c(C)c(N2COCC2=O)c(C)c1C(=O)NCC(O)CO. The summed E-state index contributed by atoms with van der Waals surface area (Å²) in [5.74, 6) is -1.49. The summed E-state index contributed by atoms with van der Waals surface area (Å²) in [6, 6.07) is 0. The Hall–Kier alpha value is -2.57. The van der Waals surface area contributed by atoms with Crippen LogP contribution in [0.4, 0.5) is 5.69 Å². The van der Waals surface area contributed by atoms with Crippen LogP contribution in [0.2, 0.25) is 0 Å². The third-order valence-electron chi connectivity index (χ3n) is 5.10. The van der Waals surface area contributed by atoms with Crippen molar-refractivity contribution in [3.05, 3.63) is 27.8 Å². The van der Waals surface area contributed by atoms with Gasteiger partial charge in [-0.1, -0.05) is 13.8 Å². The van der Waals surface area contributed by atoms with Crippen LogP contribution in [0.3, 0.4) is 0 Å². The maximum Gasteiger partial charge on any atom is 0.254 e. The highest BCUT2D eigenvalue weighted by molar-refractivity contribution is 6.08. The molecule has 11 nitrogen and oxygen atoms in total. The van der Waals surface area contributed by atoms with E-state index >= 15 is 0 Å². The zero-order valence-corrected chi connectivity index (χ0v) is 19.8. The molecule has 2 rings (SSSR count). The second kappa shape index (κ2) is 13.2. The van der Waals surface area contributed by atoms with Crippen LogP contribution < -0.4 is 15.5 Å². The smallest absolute Gasteiger partial charge is 0.254 e. The van der Waals surface area contributed by atoms with Crippen LogP contribution in [0.25, 0.3) is 0 Å². The molecule has 6 N–H and O–H groups in total. The minimum Gasteiger partial charge on any atom is -0.394 e. The molecule has 0 aliphatic carbocycles. The Bertz CT molecular complexity index is 806. The quantitative estimate of drug-likeness (QED) is 0.271. The molecule has 0 saturated carbocycles. The molecule has 0 spiro atoms. The summed E-state index contributed by atoms with van der Waals surface area (Å²) < 4.78 is 5.21. The van der Waals surface area contributed by atoms with E-state index in [0.29, 0.717) is 22.4 Å². The number of hydrogen-bond acceptors (Lipinski definition) is 8. The van der Waals surface area contributed by atoms with Crippen molar-refractivity contribution in [1.82, 2.24) is 10.6 Å². The lowest BCUT2D eigenvalue weighted by Crippen LogP contribution is -2.37. The standard InChI is InChI=1S/C20H29N3O8.C2H6/c1-10-16(19(29)21-4-13(26)6-24)11(2)18(23-9-31-8-15(23)28)12(3)17(10)20(30)22-5-14(27)7-25;1-2/h13-14,24-27H,4-9H2,1-3H3,(H,21,29)(H,22,30);1-2H3. The lowest BCUT2D eigenvalue weighted by molar-refractivity contribution is -0.117. The first-order chi connectivity index (χ1) is 15.6. The maximum atomic E-state index is 12.9. The second-order valence-electron chi connectivity index (χ2n) is 7.37.